The molecular formula is C101H96N12O22. The molecule has 9 heterocycles. The molecule has 0 atom stereocenters. The van der Waals surface area contributed by atoms with Gasteiger partial charge in [0.1, 0.15) is 33.6 Å². The fourth-order valence-electron chi connectivity index (χ4n) is 17.2. The number of aryl methyl sites for hydroxylation is 4. The van der Waals surface area contributed by atoms with E-state index in [0.717, 1.165) is 120 Å². The summed E-state index contributed by atoms with van der Waals surface area (Å²) in [7, 11) is 5.23. The molecule has 0 spiro atoms. The van der Waals surface area contributed by atoms with Crippen molar-refractivity contribution >= 4 is 112 Å². The van der Waals surface area contributed by atoms with Crippen molar-refractivity contribution in [3.05, 3.63) is 384 Å². The molecule has 0 radical (unpaired) electrons. The van der Waals surface area contributed by atoms with E-state index in [0.29, 0.717) is 103 Å². The Hall–Kier alpha value is -15.8. The molecule has 0 unspecified atom stereocenters. The van der Waals surface area contributed by atoms with Crippen LogP contribution in [0.15, 0.2) is 288 Å². The predicted molar refractivity (Wildman–Crippen MR) is 513 cm³/mol. The van der Waals surface area contributed by atoms with Crippen LogP contribution in [-0.4, -0.2) is 153 Å². The van der Waals surface area contributed by atoms with E-state index < -0.39 is 49.9 Å². The summed E-state index contributed by atoms with van der Waals surface area (Å²) in [5, 5.41) is 59.8. The van der Waals surface area contributed by atoms with Crippen LogP contribution in [0.1, 0.15) is 89.5 Å². The number of likely N-dealkylation sites (tertiary alicyclic amines) is 1. The summed E-state index contributed by atoms with van der Waals surface area (Å²) in [5.41, 5.74) is 9.86. The van der Waals surface area contributed by atoms with Crippen LogP contribution in [0.4, 0.5) is 38.9 Å². The van der Waals surface area contributed by atoms with Crippen molar-refractivity contribution in [2.24, 2.45) is 4.99 Å². The van der Waals surface area contributed by atoms with Crippen molar-refractivity contribution in [2.75, 3.05) is 91.5 Å². The van der Waals surface area contributed by atoms with E-state index in [2.05, 4.69) is 103 Å². The molecule has 9 aromatic carbocycles. The number of nitro benzene ring substituents is 5. The third-order valence-corrected chi connectivity index (χ3v) is 24.0. The summed E-state index contributed by atoms with van der Waals surface area (Å²) < 4.78 is 25.7. The molecule has 2 saturated heterocycles. The number of aliphatic imine (C=N–C) groups is 1. The first-order valence-corrected chi connectivity index (χ1v) is 44.1. The molecule has 14 aromatic rings. The minimum Gasteiger partial charge on any atom is -0.423 e. The van der Waals surface area contributed by atoms with Crippen LogP contribution >= 0.6 is 0 Å². The quantitative estimate of drug-likeness (QED) is 0.0200. The van der Waals surface area contributed by atoms with E-state index in [1.807, 2.05) is 55.4 Å². The number of imide groups is 1. The standard InChI is InChI=1S/C24H24N2O4.C23H25N3O4.C22H22N2O4.C18H16N2O4.C14H9N3O6/c27-24-12-9-21-20(22(26(28)29)10-11-23(21)30-24)8-4-5-15-25-16-13-19(14-17-25)18-6-2-1-3-7-18;27-23-12-9-20-19(21(26(28)29)10-11-22(20)30-23)8-4-5-13-24-14-16-25(17-15-24)18-6-2-1-3-7-18;25-22-12-9-19-18(20(24(26)27)10-11-21(19)28-22)8-7-16-3-5-17(6-4-16)15-23-13-1-2-14-23;1-19(2)11-12-3-5-13(6-4-12)18-14-7-10-17(21)24-16(14)9-8-15(18)20(22)23;1-16-13(19)9(15-14(16)20)6-8-7-2-5-12(18)23-11(7)4-3-10(8)17(21)22/h1-3,6-7,9-13H,4-5,8,14-17H2;1-3,6-7,9-12H,4-5,8,13-17H2;3-6,9-12H,1-2,7-8,13-15H2;3-10H,11H2,1-2H3;2-5H,6H2,1H3. The first-order chi connectivity index (χ1) is 65.2. The van der Waals surface area contributed by atoms with E-state index in [1.165, 1.54) is 146 Å². The lowest BCUT2D eigenvalue weighted by molar-refractivity contribution is -0.385. The van der Waals surface area contributed by atoms with Gasteiger partial charge in [-0.05, 0) is 217 Å². The van der Waals surface area contributed by atoms with Crippen LogP contribution in [0, 0.1) is 50.6 Å². The van der Waals surface area contributed by atoms with Crippen molar-refractivity contribution in [2.45, 2.75) is 90.1 Å². The zero-order chi connectivity index (χ0) is 95.3. The van der Waals surface area contributed by atoms with Crippen LogP contribution in [0.5, 0.6) is 0 Å². The summed E-state index contributed by atoms with van der Waals surface area (Å²) in [4.78, 5) is 151. The first kappa shape index (κ1) is 95.3. The first-order valence-electron chi connectivity index (χ1n) is 44.1. The molecule has 0 saturated carbocycles. The number of benzene rings is 9. The van der Waals surface area contributed by atoms with E-state index in [4.69, 9.17) is 22.1 Å². The molecule has 4 aliphatic heterocycles. The smallest absolute Gasteiger partial charge is 0.350 e. The summed E-state index contributed by atoms with van der Waals surface area (Å²) in [5.74, 6) is -0.612. The number of nitro groups is 5. The Morgan fingerprint density at radius 2 is 0.778 bits per heavy atom. The van der Waals surface area contributed by atoms with Gasteiger partial charge in [0.2, 0.25) is 0 Å². The van der Waals surface area contributed by atoms with Gasteiger partial charge in [0.25, 0.3) is 34.3 Å². The highest BCUT2D eigenvalue weighted by Crippen LogP contribution is 2.39. The monoisotopic (exact) mass is 1830 g/mol. The minimum atomic E-state index is -0.723. The number of urea groups is 1. The fraction of sp³-hybridized carbons (Fsp3) is 0.267. The number of hydrogen-bond acceptors (Lipinski definition) is 27. The Kier molecular flexibility index (Phi) is 31.4. The number of unbranched alkanes of at least 4 members (excludes halogenated alkanes) is 2. The Bertz CT molecular complexity index is 7150. The summed E-state index contributed by atoms with van der Waals surface area (Å²) in [6.45, 7) is 12.1. The number of para-hydroxylation sites is 1. The lowest BCUT2D eigenvalue weighted by Gasteiger charge is -2.36. The number of amides is 3. The number of fused-ring (bicyclic) bond motifs is 5. The van der Waals surface area contributed by atoms with Gasteiger partial charge in [-0.25, -0.2) is 28.8 Å². The Morgan fingerprint density at radius 3 is 1.21 bits per heavy atom. The molecule has 0 aliphatic carbocycles. The van der Waals surface area contributed by atoms with Crippen molar-refractivity contribution in [1.82, 2.24) is 24.5 Å². The zero-order valence-electron chi connectivity index (χ0n) is 74.3. The molecule has 4 aliphatic rings. The third kappa shape index (κ3) is 24.3. The third-order valence-electron chi connectivity index (χ3n) is 24.0. The average molecular weight is 1830 g/mol. The van der Waals surface area contributed by atoms with Gasteiger partial charge >= 0.3 is 34.2 Å². The van der Waals surface area contributed by atoms with Gasteiger partial charge in [0.05, 0.1) is 30.2 Å². The highest BCUT2D eigenvalue weighted by atomic mass is 16.6. The van der Waals surface area contributed by atoms with Crippen molar-refractivity contribution in [3.8, 4) is 11.1 Å². The molecule has 692 valence electrons. The summed E-state index contributed by atoms with van der Waals surface area (Å²) >= 11 is 0. The average Bonchev–Trinajstić information content (AvgIpc) is 1.72. The van der Waals surface area contributed by atoms with Gasteiger partial charge in [0.15, 0.2) is 0 Å². The number of rotatable bonds is 27. The number of anilines is 1. The largest absolute Gasteiger partial charge is 0.423 e. The molecular weight excluding hydrogens is 1730 g/mol. The number of nitrogens with zero attached hydrogens (tertiary/aromatic N) is 12. The second-order valence-electron chi connectivity index (χ2n) is 33.2. The molecule has 0 bridgehead atoms. The fourth-order valence-corrected chi connectivity index (χ4v) is 17.2. The number of carbonyl (C=O) groups is 2. The van der Waals surface area contributed by atoms with Crippen LogP contribution in [0.2, 0.25) is 0 Å². The maximum absolute atomic E-state index is 11.9. The SMILES string of the molecule is CN(C)Cc1ccc(-c2c([N+](=O)[O-])ccc3oc(=O)ccc23)cc1.CN1C(=O)N=C(Cc2c([N+](=O)[O-])ccc3oc(=O)ccc23)C1=O.O=c1ccc2c(CCCCN3CC=C(c4ccccc4)CC3)c([N+](=O)[O-])ccc2o1.O=c1ccc2c(CCCCN3CCN(c4ccccc4)CC3)c([N+](=O)[O-])ccc2o1.O=c1ccc2c(CCc3ccc(CN4CCCC4)cc3)c([N+](=O)[O-])ccc2o1. The van der Waals surface area contributed by atoms with Crippen molar-refractivity contribution < 1.29 is 56.3 Å². The number of piperazine rings is 1. The highest BCUT2D eigenvalue weighted by Gasteiger charge is 2.33. The lowest BCUT2D eigenvalue weighted by atomic mass is 9.98. The highest BCUT2D eigenvalue weighted by molar-refractivity contribution is 6.46. The topological polar surface area (TPSA) is 433 Å². The molecule has 18 rings (SSSR count). The Balaban J connectivity index is 0.000000136. The maximum Gasteiger partial charge on any atom is 0.350 e. The van der Waals surface area contributed by atoms with Crippen LogP contribution in [-0.2, 0) is 50.0 Å². The van der Waals surface area contributed by atoms with Crippen LogP contribution in [0.25, 0.3) is 71.5 Å². The van der Waals surface area contributed by atoms with E-state index in [9.17, 15) is 84.1 Å². The minimum absolute atomic E-state index is 0.0169. The number of carbonyl (C=O) groups excluding carboxylic acids is 2. The molecule has 135 heavy (non-hydrogen) atoms. The van der Waals surface area contributed by atoms with Gasteiger partial charge in [0, 0.05) is 181 Å². The maximum atomic E-state index is 11.9. The molecule has 34 nitrogen and oxygen atoms in total. The normalized spacial score (nSPS) is 14.0. The Morgan fingerprint density at radius 1 is 0.370 bits per heavy atom. The van der Waals surface area contributed by atoms with Crippen LogP contribution in [0.3, 0.4) is 0 Å². The summed E-state index contributed by atoms with van der Waals surface area (Å²) in [6.07, 6.45) is 11.7. The van der Waals surface area contributed by atoms with Crippen molar-refractivity contribution in [3.63, 3.8) is 0 Å². The predicted octanol–water partition coefficient (Wildman–Crippen LogP) is 17.4. The second-order valence-corrected chi connectivity index (χ2v) is 33.2. The lowest BCUT2D eigenvalue weighted by Crippen LogP contribution is -2.46. The van der Waals surface area contributed by atoms with Gasteiger partial charge in [-0.2, -0.15) is 4.99 Å². The van der Waals surface area contributed by atoms with Crippen LogP contribution < -0.4 is 33.0 Å². The second kappa shape index (κ2) is 44.4. The van der Waals surface area contributed by atoms with E-state index in [-0.39, 0.29) is 66.5 Å². The zero-order valence-corrected chi connectivity index (χ0v) is 74.3. The molecule has 34 heteroatoms. The Labute approximate surface area is 770 Å². The molecule has 5 aromatic heterocycles. The molecule has 3 amide bonds. The number of hydrogen-bond donors (Lipinski definition) is 0. The van der Waals surface area contributed by atoms with E-state index in [1.54, 1.807) is 24.3 Å². The molecule has 2 fully saturated rings. The van der Waals surface area contributed by atoms with E-state index >= 15 is 0 Å². The van der Waals surface area contributed by atoms with Gasteiger partial charge in [-0.3, -0.25) is 75.0 Å². The van der Waals surface area contributed by atoms with Crippen molar-refractivity contribution in [1.29, 1.82) is 0 Å². The molecule has 0 N–H and O–H groups in total. The summed E-state index contributed by atoms with van der Waals surface area (Å²) in [6, 6.07) is 64.6. The van der Waals surface area contributed by atoms with Gasteiger partial charge in [-0.15, -0.1) is 0 Å². The van der Waals surface area contributed by atoms with Gasteiger partial charge in [-0.1, -0.05) is 103 Å². The van der Waals surface area contributed by atoms with Gasteiger partial charge < -0.3 is 31.9 Å².